The van der Waals surface area contributed by atoms with Crippen molar-refractivity contribution in [1.29, 1.82) is 0 Å². The molecule has 1 unspecified atom stereocenters. The van der Waals surface area contributed by atoms with Crippen LogP contribution in [0.25, 0.3) is 11.2 Å². The van der Waals surface area contributed by atoms with Crippen LogP contribution in [0, 0.1) is 5.92 Å². The van der Waals surface area contributed by atoms with Crippen LogP contribution >= 0.6 is 0 Å². The van der Waals surface area contributed by atoms with Gasteiger partial charge in [-0.15, -0.1) is 0 Å². The summed E-state index contributed by atoms with van der Waals surface area (Å²) in [6.07, 6.45) is 8.08. The first-order chi connectivity index (χ1) is 15.6. The minimum atomic E-state index is -0.0704. The van der Waals surface area contributed by atoms with Crippen molar-refractivity contribution in [2.24, 2.45) is 5.92 Å². The van der Waals surface area contributed by atoms with E-state index in [2.05, 4.69) is 50.7 Å². The minimum absolute atomic E-state index is 0.0704. The van der Waals surface area contributed by atoms with Gasteiger partial charge in [-0.1, -0.05) is 32.4 Å². The van der Waals surface area contributed by atoms with E-state index in [0.29, 0.717) is 12.5 Å². The summed E-state index contributed by atoms with van der Waals surface area (Å²) >= 11 is 0. The third-order valence-electron chi connectivity index (χ3n) is 6.81. The van der Waals surface area contributed by atoms with Gasteiger partial charge in [0.25, 0.3) is 0 Å². The molecule has 1 aromatic carbocycles. The van der Waals surface area contributed by atoms with E-state index in [1.165, 1.54) is 24.8 Å². The molecular weight excluding hydrogens is 400 g/mol. The highest BCUT2D eigenvalue weighted by molar-refractivity contribution is 5.93. The molecule has 32 heavy (non-hydrogen) atoms. The molecule has 5 rings (SSSR count). The Labute approximate surface area is 189 Å². The molecule has 2 aromatic heterocycles. The van der Waals surface area contributed by atoms with Crippen molar-refractivity contribution in [3.63, 3.8) is 0 Å². The first-order valence-corrected chi connectivity index (χ1v) is 12.0. The Bertz CT molecular complexity index is 1100. The van der Waals surface area contributed by atoms with Crippen molar-refractivity contribution in [3.8, 4) is 0 Å². The average molecular weight is 433 g/mol. The third kappa shape index (κ3) is 4.08. The molecule has 0 bridgehead atoms. The predicted molar refractivity (Wildman–Crippen MR) is 127 cm³/mol. The number of amides is 1. The zero-order chi connectivity index (χ0) is 22.1. The number of piperidine rings is 1. The lowest BCUT2D eigenvalue weighted by Gasteiger charge is -2.32. The lowest BCUT2D eigenvalue weighted by atomic mass is 9.96. The van der Waals surface area contributed by atoms with Crippen LogP contribution in [0.3, 0.4) is 0 Å². The molecule has 4 heterocycles. The maximum Gasteiger partial charge on any atom is 0.229 e. The number of benzene rings is 1. The normalized spacial score (nSPS) is 19.1. The number of carbonyl (C=O) groups is 1. The number of nitrogens with one attached hydrogen (secondary N) is 1. The summed E-state index contributed by atoms with van der Waals surface area (Å²) in [6, 6.07) is 8.18. The summed E-state index contributed by atoms with van der Waals surface area (Å²) in [5.74, 6) is 2.48. The Hall–Kier alpha value is -2.96. The molecule has 2 aliphatic rings. The monoisotopic (exact) mass is 432 g/mol. The molecular formula is C25H32N6O. The molecule has 0 spiro atoms. The van der Waals surface area contributed by atoms with Crippen molar-refractivity contribution in [1.82, 2.24) is 19.5 Å². The Morgan fingerprint density at radius 1 is 1.06 bits per heavy atom. The lowest BCUT2D eigenvalue weighted by molar-refractivity contribution is -0.120. The lowest BCUT2D eigenvalue weighted by Crippen LogP contribution is -2.41. The second-order valence-electron chi connectivity index (χ2n) is 9.41. The number of aryl methyl sites for hydroxylation is 2. The SMILES string of the molecule is CC(C)c1ccc(NC(=O)C2CCCN(c3ncnc4c3nc3n4CCCCC3)C2)cc1. The van der Waals surface area contributed by atoms with Gasteiger partial charge in [-0.3, -0.25) is 4.79 Å². The number of carbonyl (C=O) groups excluding carboxylic acids is 1. The van der Waals surface area contributed by atoms with Gasteiger partial charge in [0.15, 0.2) is 17.0 Å². The standard InChI is InChI=1S/C25H32N6O/c1-17(2)18-9-11-20(12-10-18)28-25(32)19-7-6-13-30(15-19)23-22-24(27-16-26-23)31-14-5-3-4-8-21(31)29-22/h9-12,16-17,19H,3-8,13-15H2,1-2H3,(H,28,32). The van der Waals surface area contributed by atoms with Crippen LogP contribution in [0.1, 0.15) is 63.3 Å². The van der Waals surface area contributed by atoms with E-state index in [0.717, 1.165) is 60.8 Å². The summed E-state index contributed by atoms with van der Waals surface area (Å²) in [5.41, 5.74) is 3.95. The van der Waals surface area contributed by atoms with E-state index in [1.54, 1.807) is 6.33 Å². The fourth-order valence-electron chi connectivity index (χ4n) is 4.94. The highest BCUT2D eigenvalue weighted by Gasteiger charge is 2.29. The van der Waals surface area contributed by atoms with Crippen LogP contribution in [-0.4, -0.2) is 38.5 Å². The number of anilines is 2. The number of nitrogens with zero attached hydrogens (tertiary/aromatic N) is 5. The molecule has 1 amide bonds. The van der Waals surface area contributed by atoms with Crippen molar-refractivity contribution in [2.45, 2.75) is 64.8 Å². The highest BCUT2D eigenvalue weighted by atomic mass is 16.1. The Morgan fingerprint density at radius 2 is 1.91 bits per heavy atom. The summed E-state index contributed by atoms with van der Waals surface area (Å²) in [4.78, 5) is 29.4. The summed E-state index contributed by atoms with van der Waals surface area (Å²) < 4.78 is 2.27. The number of hydrogen-bond donors (Lipinski definition) is 1. The fraction of sp³-hybridized carbons (Fsp3) is 0.520. The van der Waals surface area contributed by atoms with Crippen molar-refractivity contribution < 1.29 is 4.79 Å². The van der Waals surface area contributed by atoms with Gasteiger partial charge in [0.1, 0.15) is 12.2 Å². The number of hydrogen-bond acceptors (Lipinski definition) is 5. The summed E-state index contributed by atoms with van der Waals surface area (Å²) in [6.45, 7) is 6.87. The number of aromatic nitrogens is 4. The van der Waals surface area contributed by atoms with E-state index in [4.69, 9.17) is 4.98 Å². The van der Waals surface area contributed by atoms with Gasteiger partial charge in [-0.05, 0) is 49.3 Å². The predicted octanol–water partition coefficient (Wildman–Crippen LogP) is 4.53. The Morgan fingerprint density at radius 3 is 2.72 bits per heavy atom. The molecule has 0 radical (unpaired) electrons. The average Bonchev–Trinajstić information content (AvgIpc) is 3.00. The van der Waals surface area contributed by atoms with Crippen LogP contribution in [0.5, 0.6) is 0 Å². The second-order valence-corrected chi connectivity index (χ2v) is 9.41. The molecule has 2 aliphatic heterocycles. The third-order valence-corrected chi connectivity index (χ3v) is 6.81. The van der Waals surface area contributed by atoms with Crippen LogP contribution < -0.4 is 10.2 Å². The second kappa shape index (κ2) is 8.88. The topological polar surface area (TPSA) is 75.9 Å². The molecule has 1 N–H and O–H groups in total. The molecule has 7 nitrogen and oxygen atoms in total. The number of imidazole rings is 1. The first kappa shape index (κ1) is 20.9. The Balaban J connectivity index is 1.33. The van der Waals surface area contributed by atoms with Crippen LogP contribution in [0.15, 0.2) is 30.6 Å². The maximum absolute atomic E-state index is 13.0. The van der Waals surface area contributed by atoms with Gasteiger partial charge < -0.3 is 14.8 Å². The number of fused-ring (bicyclic) bond motifs is 3. The van der Waals surface area contributed by atoms with Gasteiger partial charge >= 0.3 is 0 Å². The molecule has 3 aromatic rings. The van der Waals surface area contributed by atoms with Crippen molar-refractivity contribution in [3.05, 3.63) is 42.0 Å². The maximum atomic E-state index is 13.0. The smallest absolute Gasteiger partial charge is 0.229 e. The van der Waals surface area contributed by atoms with Gasteiger partial charge in [0.2, 0.25) is 5.91 Å². The van der Waals surface area contributed by atoms with Gasteiger partial charge in [0.05, 0.1) is 5.92 Å². The zero-order valence-electron chi connectivity index (χ0n) is 19.0. The van der Waals surface area contributed by atoms with E-state index in [-0.39, 0.29) is 11.8 Å². The van der Waals surface area contributed by atoms with E-state index in [1.807, 2.05) is 12.1 Å². The summed E-state index contributed by atoms with van der Waals surface area (Å²) in [5, 5.41) is 3.12. The Kier molecular flexibility index (Phi) is 5.81. The van der Waals surface area contributed by atoms with Crippen LogP contribution in [0.4, 0.5) is 11.5 Å². The van der Waals surface area contributed by atoms with E-state index < -0.39 is 0 Å². The first-order valence-electron chi connectivity index (χ1n) is 12.0. The molecule has 0 aliphatic carbocycles. The molecule has 1 atom stereocenters. The van der Waals surface area contributed by atoms with E-state index >= 15 is 0 Å². The fourth-order valence-corrected chi connectivity index (χ4v) is 4.94. The largest absolute Gasteiger partial charge is 0.354 e. The van der Waals surface area contributed by atoms with Gasteiger partial charge in [0, 0.05) is 31.7 Å². The molecule has 7 heteroatoms. The number of rotatable bonds is 4. The summed E-state index contributed by atoms with van der Waals surface area (Å²) in [7, 11) is 0. The zero-order valence-corrected chi connectivity index (χ0v) is 19.0. The van der Waals surface area contributed by atoms with E-state index in [9.17, 15) is 4.79 Å². The van der Waals surface area contributed by atoms with Crippen LogP contribution in [-0.2, 0) is 17.8 Å². The highest BCUT2D eigenvalue weighted by Crippen LogP contribution is 2.30. The molecule has 168 valence electrons. The quantitative estimate of drug-likeness (QED) is 0.655. The van der Waals surface area contributed by atoms with Gasteiger partial charge in [-0.25, -0.2) is 15.0 Å². The van der Waals surface area contributed by atoms with Gasteiger partial charge in [-0.2, -0.15) is 0 Å². The molecule has 1 saturated heterocycles. The molecule has 1 fully saturated rings. The van der Waals surface area contributed by atoms with Crippen molar-refractivity contribution >= 4 is 28.6 Å². The molecule has 0 saturated carbocycles. The minimum Gasteiger partial charge on any atom is -0.354 e. The van der Waals surface area contributed by atoms with Crippen molar-refractivity contribution in [2.75, 3.05) is 23.3 Å². The van der Waals surface area contributed by atoms with Crippen LogP contribution in [0.2, 0.25) is 0 Å².